The third-order valence-corrected chi connectivity index (χ3v) is 3.99. The average molecular weight is 242 g/mol. The Kier molecular flexibility index (Phi) is 2.94. The van der Waals surface area contributed by atoms with Crippen LogP contribution in [0.4, 0.5) is 0 Å². The van der Waals surface area contributed by atoms with Crippen LogP contribution in [0.25, 0.3) is 11.0 Å². The van der Waals surface area contributed by atoms with Crippen LogP contribution in [0.1, 0.15) is 48.2 Å². The quantitative estimate of drug-likeness (QED) is 0.725. The van der Waals surface area contributed by atoms with Gasteiger partial charge in [0.05, 0.1) is 5.56 Å². The van der Waals surface area contributed by atoms with E-state index in [1.165, 1.54) is 19.3 Å². The summed E-state index contributed by atoms with van der Waals surface area (Å²) < 4.78 is 5.69. The van der Waals surface area contributed by atoms with Crippen LogP contribution < -0.4 is 0 Å². The van der Waals surface area contributed by atoms with Crippen molar-refractivity contribution >= 4 is 16.8 Å². The standard InChI is InChI=1S/C16H18O2/c1-11-15(13-9-5-6-10-14(13)18-11)16(17)12-7-3-2-4-8-12/h5-6,9-10,12H,2-4,7-8H2,1H3. The van der Waals surface area contributed by atoms with Crippen molar-refractivity contribution < 1.29 is 9.21 Å². The summed E-state index contributed by atoms with van der Waals surface area (Å²) in [6.45, 7) is 1.90. The molecule has 1 fully saturated rings. The highest BCUT2D eigenvalue weighted by molar-refractivity contribution is 6.09. The number of aryl methyl sites for hydroxylation is 1. The highest BCUT2D eigenvalue weighted by Gasteiger charge is 2.26. The van der Waals surface area contributed by atoms with Gasteiger partial charge in [0.2, 0.25) is 0 Å². The number of ketones is 1. The maximum atomic E-state index is 12.6. The summed E-state index contributed by atoms with van der Waals surface area (Å²) in [5.74, 6) is 1.27. The normalized spacial score (nSPS) is 17.2. The minimum atomic E-state index is 0.207. The van der Waals surface area contributed by atoms with Gasteiger partial charge in [0.1, 0.15) is 11.3 Å². The lowest BCUT2D eigenvalue weighted by Crippen LogP contribution is -2.18. The topological polar surface area (TPSA) is 30.2 Å². The van der Waals surface area contributed by atoms with E-state index in [0.29, 0.717) is 0 Å². The SMILES string of the molecule is Cc1oc2ccccc2c1C(=O)C1CCCCC1. The summed E-state index contributed by atoms with van der Waals surface area (Å²) in [6, 6.07) is 7.83. The van der Waals surface area contributed by atoms with Gasteiger partial charge in [-0.1, -0.05) is 37.5 Å². The van der Waals surface area contributed by atoms with Crippen LogP contribution in [0, 0.1) is 12.8 Å². The molecule has 2 nitrogen and oxygen atoms in total. The number of benzene rings is 1. The third kappa shape index (κ3) is 1.86. The Bertz CT molecular complexity index is 574. The van der Waals surface area contributed by atoms with E-state index in [1.54, 1.807) is 0 Å². The van der Waals surface area contributed by atoms with E-state index in [-0.39, 0.29) is 11.7 Å². The van der Waals surface area contributed by atoms with Gasteiger partial charge in [-0.25, -0.2) is 0 Å². The lowest BCUT2D eigenvalue weighted by atomic mass is 9.83. The molecule has 0 bridgehead atoms. The summed E-state index contributed by atoms with van der Waals surface area (Å²) in [6.07, 6.45) is 5.72. The smallest absolute Gasteiger partial charge is 0.170 e. The molecule has 1 aliphatic rings. The molecule has 0 atom stereocenters. The lowest BCUT2D eigenvalue weighted by Gasteiger charge is -2.20. The largest absolute Gasteiger partial charge is 0.461 e. The predicted molar refractivity (Wildman–Crippen MR) is 71.9 cm³/mol. The van der Waals surface area contributed by atoms with Gasteiger partial charge in [0.15, 0.2) is 5.78 Å². The second kappa shape index (κ2) is 4.60. The van der Waals surface area contributed by atoms with E-state index in [1.807, 2.05) is 31.2 Å². The lowest BCUT2D eigenvalue weighted by molar-refractivity contribution is 0.0889. The molecule has 0 amide bonds. The monoisotopic (exact) mass is 242 g/mol. The fourth-order valence-corrected chi connectivity index (χ4v) is 3.04. The zero-order valence-corrected chi connectivity index (χ0v) is 10.7. The number of para-hydroxylation sites is 1. The average Bonchev–Trinajstić information content (AvgIpc) is 2.75. The second-order valence-electron chi connectivity index (χ2n) is 5.23. The molecule has 1 heterocycles. The van der Waals surface area contributed by atoms with Gasteiger partial charge >= 0.3 is 0 Å². The summed E-state index contributed by atoms with van der Waals surface area (Å²) in [7, 11) is 0. The van der Waals surface area contributed by atoms with Crippen LogP contribution in [0.3, 0.4) is 0 Å². The molecule has 1 saturated carbocycles. The molecular weight excluding hydrogens is 224 g/mol. The number of carbonyl (C=O) groups is 1. The summed E-state index contributed by atoms with van der Waals surface area (Å²) >= 11 is 0. The van der Waals surface area contributed by atoms with Gasteiger partial charge in [-0.2, -0.15) is 0 Å². The number of furan rings is 1. The van der Waals surface area contributed by atoms with Gasteiger partial charge in [0, 0.05) is 11.3 Å². The Hall–Kier alpha value is -1.57. The van der Waals surface area contributed by atoms with Crippen molar-refractivity contribution in [1.29, 1.82) is 0 Å². The first-order chi connectivity index (χ1) is 8.77. The third-order valence-electron chi connectivity index (χ3n) is 3.99. The van der Waals surface area contributed by atoms with E-state index in [2.05, 4.69) is 0 Å². The minimum Gasteiger partial charge on any atom is -0.461 e. The Morgan fingerprint density at radius 1 is 1.17 bits per heavy atom. The van der Waals surface area contributed by atoms with Crippen LogP contribution >= 0.6 is 0 Å². The number of Topliss-reactive ketones (excluding diaryl/α,β-unsaturated/α-hetero) is 1. The molecular formula is C16H18O2. The second-order valence-corrected chi connectivity index (χ2v) is 5.23. The Balaban J connectivity index is 2.02. The molecule has 0 unspecified atom stereocenters. The summed E-state index contributed by atoms with van der Waals surface area (Å²) in [5.41, 5.74) is 1.65. The molecule has 0 N–H and O–H groups in total. The van der Waals surface area contributed by atoms with Crippen molar-refractivity contribution in [3.8, 4) is 0 Å². The van der Waals surface area contributed by atoms with Crippen LogP contribution in [0.2, 0.25) is 0 Å². The molecule has 94 valence electrons. The van der Waals surface area contributed by atoms with Crippen LogP contribution in [0.15, 0.2) is 28.7 Å². The Morgan fingerprint density at radius 3 is 2.67 bits per heavy atom. The number of fused-ring (bicyclic) bond motifs is 1. The number of hydrogen-bond donors (Lipinski definition) is 0. The van der Waals surface area contributed by atoms with Gasteiger partial charge in [-0.3, -0.25) is 4.79 Å². The van der Waals surface area contributed by atoms with Crippen molar-refractivity contribution in [2.45, 2.75) is 39.0 Å². The molecule has 1 aromatic heterocycles. The van der Waals surface area contributed by atoms with Crippen LogP contribution in [-0.2, 0) is 0 Å². The number of carbonyl (C=O) groups excluding carboxylic acids is 1. The molecule has 3 rings (SSSR count). The molecule has 0 spiro atoms. The van der Waals surface area contributed by atoms with E-state index in [4.69, 9.17) is 4.42 Å². The summed E-state index contributed by atoms with van der Waals surface area (Å²) in [5, 5.41) is 0.977. The molecule has 0 radical (unpaired) electrons. The molecule has 2 heteroatoms. The van der Waals surface area contributed by atoms with Gasteiger partial charge in [0.25, 0.3) is 0 Å². The van der Waals surface area contributed by atoms with Crippen molar-refractivity contribution in [2.24, 2.45) is 5.92 Å². The molecule has 2 aromatic rings. The van der Waals surface area contributed by atoms with E-state index >= 15 is 0 Å². The van der Waals surface area contributed by atoms with Gasteiger partial charge in [-0.15, -0.1) is 0 Å². The zero-order valence-electron chi connectivity index (χ0n) is 10.7. The number of rotatable bonds is 2. The van der Waals surface area contributed by atoms with Crippen LogP contribution in [0.5, 0.6) is 0 Å². The fourth-order valence-electron chi connectivity index (χ4n) is 3.04. The molecule has 18 heavy (non-hydrogen) atoms. The molecule has 0 saturated heterocycles. The van der Waals surface area contributed by atoms with Crippen LogP contribution in [-0.4, -0.2) is 5.78 Å². The first-order valence-electron chi connectivity index (χ1n) is 6.79. The molecule has 1 aromatic carbocycles. The van der Waals surface area contributed by atoms with Crippen molar-refractivity contribution in [2.75, 3.05) is 0 Å². The maximum Gasteiger partial charge on any atom is 0.170 e. The zero-order chi connectivity index (χ0) is 12.5. The predicted octanol–water partition coefficient (Wildman–Crippen LogP) is 4.50. The highest BCUT2D eigenvalue weighted by atomic mass is 16.3. The molecule has 0 aliphatic heterocycles. The summed E-state index contributed by atoms with van der Waals surface area (Å²) in [4.78, 5) is 12.6. The minimum absolute atomic E-state index is 0.207. The van der Waals surface area contributed by atoms with E-state index in [9.17, 15) is 4.79 Å². The van der Waals surface area contributed by atoms with E-state index in [0.717, 1.165) is 35.1 Å². The van der Waals surface area contributed by atoms with E-state index < -0.39 is 0 Å². The maximum absolute atomic E-state index is 12.6. The van der Waals surface area contributed by atoms with Gasteiger partial charge < -0.3 is 4.42 Å². The fraction of sp³-hybridized carbons (Fsp3) is 0.438. The molecule has 1 aliphatic carbocycles. The first-order valence-corrected chi connectivity index (χ1v) is 6.79. The van der Waals surface area contributed by atoms with Gasteiger partial charge in [-0.05, 0) is 25.8 Å². The Labute approximate surface area is 107 Å². The number of hydrogen-bond acceptors (Lipinski definition) is 2. The Morgan fingerprint density at radius 2 is 1.89 bits per heavy atom. The van der Waals surface area contributed by atoms with Crippen molar-refractivity contribution in [3.05, 3.63) is 35.6 Å². The van der Waals surface area contributed by atoms with Crippen molar-refractivity contribution in [3.63, 3.8) is 0 Å². The van der Waals surface area contributed by atoms with Crippen molar-refractivity contribution in [1.82, 2.24) is 0 Å². The highest BCUT2D eigenvalue weighted by Crippen LogP contribution is 2.32. The first kappa shape index (κ1) is 11.5.